The Morgan fingerprint density at radius 1 is 1.21 bits per heavy atom. The summed E-state index contributed by atoms with van der Waals surface area (Å²) in [6, 6.07) is 4.97. The summed E-state index contributed by atoms with van der Waals surface area (Å²) in [4.78, 5) is 37.6. The van der Waals surface area contributed by atoms with Crippen molar-refractivity contribution in [2.24, 2.45) is 17.6 Å². The molecule has 2 aromatic rings. The molecule has 0 aliphatic carbocycles. The zero-order valence-electron chi connectivity index (χ0n) is 18.9. The summed E-state index contributed by atoms with van der Waals surface area (Å²) < 4.78 is 0. The van der Waals surface area contributed by atoms with Gasteiger partial charge in [-0.3, -0.25) is 14.5 Å². The van der Waals surface area contributed by atoms with E-state index >= 15 is 0 Å². The van der Waals surface area contributed by atoms with Crippen LogP contribution in [-0.4, -0.2) is 75.2 Å². The Hall–Kier alpha value is -2.20. The highest BCUT2D eigenvalue weighted by atomic mass is 35.5. The fraction of sp³-hybridized carbons (Fsp3) is 0.478. The van der Waals surface area contributed by atoms with Gasteiger partial charge < -0.3 is 15.7 Å². The first-order valence-corrected chi connectivity index (χ1v) is 12.4. The number of aliphatic hydroxyl groups excluding tert-OH is 1. The standard InChI is InChI=1S/C23H28ClN5O3S/c1-12-4-5-14(6-18(12)24)19(20(30)21(25)31)28-8-15-10-29(11-16(15)9-28)22(32)17-7-26-23(33-3)27-13(17)2/h4-7,15-16,19-20,30H,8-11H2,1-3H3,(H2,25,31). The molecule has 3 heterocycles. The molecule has 2 fully saturated rings. The van der Waals surface area contributed by atoms with E-state index in [1.807, 2.05) is 37.1 Å². The Morgan fingerprint density at radius 3 is 2.42 bits per heavy atom. The van der Waals surface area contributed by atoms with Crippen LogP contribution in [0.25, 0.3) is 0 Å². The van der Waals surface area contributed by atoms with Gasteiger partial charge in [-0.15, -0.1) is 0 Å². The lowest BCUT2D eigenvalue weighted by Crippen LogP contribution is -2.44. The van der Waals surface area contributed by atoms with Crippen LogP contribution in [0.4, 0.5) is 0 Å². The summed E-state index contributed by atoms with van der Waals surface area (Å²) in [5.41, 5.74) is 8.36. The number of carbonyl (C=O) groups excluding carboxylic acids is 2. The van der Waals surface area contributed by atoms with E-state index in [9.17, 15) is 14.7 Å². The molecule has 0 bridgehead atoms. The minimum atomic E-state index is -1.35. The zero-order chi connectivity index (χ0) is 23.9. The van der Waals surface area contributed by atoms with Crippen LogP contribution in [0, 0.1) is 25.7 Å². The summed E-state index contributed by atoms with van der Waals surface area (Å²) in [6.07, 6.45) is 2.16. The van der Waals surface area contributed by atoms with Crippen molar-refractivity contribution in [2.45, 2.75) is 31.1 Å². The van der Waals surface area contributed by atoms with Crippen molar-refractivity contribution in [3.63, 3.8) is 0 Å². The number of nitrogens with two attached hydrogens (primary N) is 1. The highest BCUT2D eigenvalue weighted by molar-refractivity contribution is 7.98. The van der Waals surface area contributed by atoms with Crippen molar-refractivity contribution in [3.8, 4) is 0 Å². The third-order valence-electron chi connectivity index (χ3n) is 6.69. The Morgan fingerprint density at radius 2 is 1.88 bits per heavy atom. The fourth-order valence-electron chi connectivity index (χ4n) is 4.89. The third-order valence-corrected chi connectivity index (χ3v) is 7.66. The monoisotopic (exact) mass is 489 g/mol. The smallest absolute Gasteiger partial charge is 0.257 e. The number of hydrogen-bond acceptors (Lipinski definition) is 7. The molecule has 1 aromatic carbocycles. The molecule has 4 atom stereocenters. The molecular formula is C23H28ClN5O3S. The van der Waals surface area contributed by atoms with Gasteiger partial charge in [0.15, 0.2) is 11.3 Å². The number of primary amides is 1. The average molecular weight is 490 g/mol. The van der Waals surface area contributed by atoms with Crippen LogP contribution in [0.15, 0.2) is 29.6 Å². The molecule has 2 aliphatic rings. The molecule has 3 N–H and O–H groups in total. The molecular weight excluding hydrogens is 462 g/mol. The quantitative estimate of drug-likeness (QED) is 0.471. The van der Waals surface area contributed by atoms with Crippen LogP contribution in [0.1, 0.15) is 33.2 Å². The second-order valence-electron chi connectivity index (χ2n) is 8.84. The van der Waals surface area contributed by atoms with Crippen molar-refractivity contribution in [1.29, 1.82) is 0 Å². The first-order valence-electron chi connectivity index (χ1n) is 10.8. The number of halogens is 1. The van der Waals surface area contributed by atoms with Crippen molar-refractivity contribution in [1.82, 2.24) is 19.8 Å². The van der Waals surface area contributed by atoms with Gasteiger partial charge in [-0.25, -0.2) is 9.97 Å². The van der Waals surface area contributed by atoms with Gasteiger partial charge in [0.05, 0.1) is 17.3 Å². The molecule has 2 saturated heterocycles. The van der Waals surface area contributed by atoms with Crippen molar-refractivity contribution < 1.29 is 14.7 Å². The number of aliphatic hydroxyl groups is 1. The fourth-order valence-corrected chi connectivity index (χ4v) is 5.46. The van der Waals surface area contributed by atoms with Crippen LogP contribution in [0.2, 0.25) is 5.02 Å². The molecule has 0 radical (unpaired) electrons. The maximum Gasteiger partial charge on any atom is 0.257 e. The Bertz CT molecular complexity index is 1070. The number of rotatable bonds is 6. The normalized spacial score (nSPS) is 22.3. The molecule has 8 nitrogen and oxygen atoms in total. The van der Waals surface area contributed by atoms with Gasteiger partial charge in [-0.1, -0.05) is 35.5 Å². The van der Waals surface area contributed by atoms with Gasteiger partial charge in [0.25, 0.3) is 5.91 Å². The maximum absolute atomic E-state index is 13.1. The first kappa shape index (κ1) is 23.9. The minimum Gasteiger partial charge on any atom is -0.381 e. The summed E-state index contributed by atoms with van der Waals surface area (Å²) in [5.74, 6) is -0.344. The Labute approximate surface area is 202 Å². The first-order chi connectivity index (χ1) is 15.7. The van der Waals surface area contributed by atoms with Gasteiger partial charge in [0, 0.05) is 37.4 Å². The highest BCUT2D eigenvalue weighted by Gasteiger charge is 2.46. The highest BCUT2D eigenvalue weighted by Crippen LogP contribution is 2.38. The predicted octanol–water partition coefficient (Wildman–Crippen LogP) is 2.06. The Balaban J connectivity index is 1.49. The third kappa shape index (κ3) is 4.73. The van der Waals surface area contributed by atoms with E-state index in [1.54, 1.807) is 12.3 Å². The van der Waals surface area contributed by atoms with Gasteiger partial charge in [0.2, 0.25) is 5.91 Å². The molecule has 4 rings (SSSR count). The number of aryl methyl sites for hydroxylation is 2. The maximum atomic E-state index is 13.1. The topological polar surface area (TPSA) is 113 Å². The zero-order valence-corrected chi connectivity index (χ0v) is 20.4. The van der Waals surface area contributed by atoms with E-state index in [2.05, 4.69) is 14.9 Å². The molecule has 2 aliphatic heterocycles. The van der Waals surface area contributed by atoms with E-state index < -0.39 is 18.1 Å². The van der Waals surface area contributed by atoms with E-state index in [0.717, 1.165) is 11.1 Å². The molecule has 0 saturated carbocycles. The molecule has 2 amide bonds. The SMILES string of the molecule is CSc1ncc(C(=O)N2CC3CN(C(c4ccc(C)c(Cl)c4)C(O)C(N)=O)CC3C2)c(C)n1. The van der Waals surface area contributed by atoms with E-state index in [1.165, 1.54) is 11.8 Å². The predicted molar refractivity (Wildman–Crippen MR) is 127 cm³/mol. The molecule has 10 heteroatoms. The second kappa shape index (κ2) is 9.58. The summed E-state index contributed by atoms with van der Waals surface area (Å²) in [6.45, 7) is 6.25. The van der Waals surface area contributed by atoms with Crippen molar-refractivity contribution >= 4 is 35.2 Å². The molecule has 176 valence electrons. The molecule has 0 spiro atoms. The van der Waals surface area contributed by atoms with Crippen LogP contribution >= 0.6 is 23.4 Å². The number of fused-ring (bicyclic) bond motifs is 1. The lowest BCUT2D eigenvalue weighted by molar-refractivity contribution is -0.129. The van der Waals surface area contributed by atoms with E-state index in [4.69, 9.17) is 17.3 Å². The lowest BCUT2D eigenvalue weighted by Gasteiger charge is -2.32. The number of nitrogens with zero attached hydrogens (tertiary/aromatic N) is 4. The van der Waals surface area contributed by atoms with Gasteiger partial charge in [-0.2, -0.15) is 0 Å². The minimum absolute atomic E-state index is 0.0554. The second-order valence-corrected chi connectivity index (χ2v) is 10.0. The molecule has 1 aromatic heterocycles. The summed E-state index contributed by atoms with van der Waals surface area (Å²) >= 11 is 7.76. The molecule has 33 heavy (non-hydrogen) atoms. The molecule has 4 unspecified atom stereocenters. The largest absolute Gasteiger partial charge is 0.381 e. The number of benzene rings is 1. The lowest BCUT2D eigenvalue weighted by atomic mass is 9.98. The van der Waals surface area contributed by atoms with E-state index in [0.29, 0.717) is 47.6 Å². The number of amides is 2. The average Bonchev–Trinajstić information content (AvgIpc) is 3.35. The Kier molecular flexibility index (Phi) is 6.95. The number of likely N-dealkylation sites (tertiary alicyclic amines) is 2. The van der Waals surface area contributed by atoms with Crippen LogP contribution in [-0.2, 0) is 4.79 Å². The number of hydrogen-bond donors (Lipinski definition) is 2. The van der Waals surface area contributed by atoms with Crippen LogP contribution in [0.5, 0.6) is 0 Å². The van der Waals surface area contributed by atoms with E-state index in [-0.39, 0.29) is 17.7 Å². The van der Waals surface area contributed by atoms with Crippen molar-refractivity contribution in [3.05, 3.63) is 51.8 Å². The number of aromatic nitrogens is 2. The summed E-state index contributed by atoms with van der Waals surface area (Å²) in [5, 5.41) is 11.9. The number of carbonyl (C=O) groups is 2. The number of thioether (sulfide) groups is 1. The summed E-state index contributed by atoms with van der Waals surface area (Å²) in [7, 11) is 0. The van der Waals surface area contributed by atoms with Gasteiger partial charge in [0.1, 0.15) is 0 Å². The van der Waals surface area contributed by atoms with Gasteiger partial charge >= 0.3 is 0 Å². The van der Waals surface area contributed by atoms with Crippen LogP contribution in [0.3, 0.4) is 0 Å². The van der Waals surface area contributed by atoms with Crippen LogP contribution < -0.4 is 5.73 Å². The van der Waals surface area contributed by atoms with Gasteiger partial charge in [-0.05, 0) is 49.1 Å². The van der Waals surface area contributed by atoms with Crippen molar-refractivity contribution in [2.75, 3.05) is 32.4 Å².